The zero-order valence-corrected chi connectivity index (χ0v) is 17.6. The summed E-state index contributed by atoms with van der Waals surface area (Å²) in [6.07, 6.45) is 8.92. The number of rotatable bonds is 4. The molecular weight excluding hydrogens is 422 g/mol. The molecule has 1 aliphatic heterocycles. The lowest BCUT2D eigenvalue weighted by molar-refractivity contribution is 0.560. The van der Waals surface area contributed by atoms with Crippen LogP contribution in [0.3, 0.4) is 0 Å². The molecular formula is C25H20F2N6. The first-order valence-electron chi connectivity index (χ1n) is 10.8. The Balaban J connectivity index is 1.38. The van der Waals surface area contributed by atoms with Crippen molar-refractivity contribution in [3.05, 3.63) is 96.6 Å². The number of halogens is 2. The van der Waals surface area contributed by atoms with Crippen molar-refractivity contribution in [3.8, 4) is 16.8 Å². The van der Waals surface area contributed by atoms with E-state index >= 15 is 0 Å². The first-order chi connectivity index (χ1) is 16.2. The topological polar surface area (TPSA) is 51.2 Å². The van der Waals surface area contributed by atoms with Crippen molar-refractivity contribution in [1.82, 2.24) is 24.4 Å². The number of anilines is 1. The largest absolute Gasteiger partial charge is 0.349 e. The highest BCUT2D eigenvalue weighted by molar-refractivity contribution is 5.65. The molecule has 3 aromatic heterocycles. The molecule has 0 unspecified atom stereocenters. The van der Waals surface area contributed by atoms with Crippen molar-refractivity contribution in [2.75, 3.05) is 11.4 Å². The quantitative estimate of drug-likeness (QED) is 0.384. The van der Waals surface area contributed by atoms with Crippen LogP contribution in [0.1, 0.15) is 24.4 Å². The Kier molecular flexibility index (Phi) is 4.64. The SMILES string of the molecule is Fc1ccc(F)c([C@@H]2CCCN2c2ccn3ncc(-n4cc(-c5ccccc5)cn4)c3n2)c1. The van der Waals surface area contributed by atoms with Gasteiger partial charge in [0, 0.05) is 30.1 Å². The Labute approximate surface area is 188 Å². The smallest absolute Gasteiger partial charge is 0.183 e. The number of nitrogens with zero attached hydrogens (tertiary/aromatic N) is 6. The molecule has 0 aliphatic carbocycles. The van der Waals surface area contributed by atoms with Gasteiger partial charge in [-0.3, -0.25) is 0 Å². The van der Waals surface area contributed by atoms with Gasteiger partial charge in [-0.1, -0.05) is 30.3 Å². The minimum Gasteiger partial charge on any atom is -0.349 e. The zero-order chi connectivity index (χ0) is 22.4. The standard InChI is InChI=1S/C25H20F2N6/c26-19-8-9-21(27)20(13-19)22-7-4-11-31(22)24-10-12-32-25(30-24)23(15-29-32)33-16-18(14-28-33)17-5-2-1-3-6-17/h1-3,5-6,8-10,12-16,22H,4,7,11H2/t22-/m0/s1. The van der Waals surface area contributed by atoms with Gasteiger partial charge >= 0.3 is 0 Å². The van der Waals surface area contributed by atoms with E-state index in [-0.39, 0.29) is 6.04 Å². The van der Waals surface area contributed by atoms with Crippen LogP contribution >= 0.6 is 0 Å². The van der Waals surface area contributed by atoms with E-state index in [0.29, 0.717) is 23.6 Å². The second kappa shape index (κ2) is 7.81. The summed E-state index contributed by atoms with van der Waals surface area (Å²) in [5.74, 6) is -0.136. The molecule has 0 spiro atoms. The van der Waals surface area contributed by atoms with Crippen LogP contribution in [0.5, 0.6) is 0 Å². The molecule has 5 aromatic rings. The number of benzene rings is 2. The molecule has 0 bridgehead atoms. The number of fused-ring (bicyclic) bond motifs is 1. The Bertz CT molecular complexity index is 1440. The molecule has 0 saturated carbocycles. The minimum absolute atomic E-state index is 0.267. The van der Waals surface area contributed by atoms with Gasteiger partial charge in [0.25, 0.3) is 0 Å². The van der Waals surface area contributed by atoms with E-state index in [1.54, 1.807) is 15.4 Å². The van der Waals surface area contributed by atoms with Crippen molar-refractivity contribution >= 4 is 11.5 Å². The van der Waals surface area contributed by atoms with Crippen molar-refractivity contribution in [3.63, 3.8) is 0 Å². The maximum absolute atomic E-state index is 14.5. The summed E-state index contributed by atoms with van der Waals surface area (Å²) in [4.78, 5) is 6.89. The van der Waals surface area contributed by atoms with Crippen molar-refractivity contribution in [2.45, 2.75) is 18.9 Å². The van der Waals surface area contributed by atoms with E-state index in [9.17, 15) is 8.78 Å². The summed E-state index contributed by atoms with van der Waals surface area (Å²) in [6.45, 7) is 0.715. The molecule has 0 amide bonds. The predicted octanol–water partition coefficient (Wildman–Crippen LogP) is 5.20. The van der Waals surface area contributed by atoms with Gasteiger partial charge in [0.2, 0.25) is 0 Å². The molecule has 0 N–H and O–H groups in total. The normalized spacial score (nSPS) is 16.1. The van der Waals surface area contributed by atoms with Gasteiger partial charge in [-0.15, -0.1) is 0 Å². The minimum atomic E-state index is -0.437. The highest BCUT2D eigenvalue weighted by atomic mass is 19.1. The van der Waals surface area contributed by atoms with Crippen LogP contribution in [0.15, 0.2) is 79.4 Å². The molecule has 6 rings (SSSR count). The molecule has 8 heteroatoms. The Morgan fingerprint density at radius 2 is 1.79 bits per heavy atom. The molecule has 164 valence electrons. The Morgan fingerprint density at radius 1 is 0.909 bits per heavy atom. The van der Waals surface area contributed by atoms with Crippen molar-refractivity contribution < 1.29 is 8.78 Å². The van der Waals surface area contributed by atoms with Crippen LogP contribution < -0.4 is 4.90 Å². The number of hydrogen-bond acceptors (Lipinski definition) is 4. The number of hydrogen-bond donors (Lipinski definition) is 0. The number of aromatic nitrogens is 5. The fourth-order valence-corrected chi connectivity index (χ4v) is 4.54. The van der Waals surface area contributed by atoms with Crippen LogP contribution in [0.25, 0.3) is 22.5 Å². The van der Waals surface area contributed by atoms with Gasteiger partial charge < -0.3 is 4.90 Å². The molecule has 6 nitrogen and oxygen atoms in total. The predicted molar refractivity (Wildman–Crippen MR) is 121 cm³/mol. The van der Waals surface area contributed by atoms with E-state index in [0.717, 1.165) is 35.7 Å². The first kappa shape index (κ1) is 19.6. The van der Waals surface area contributed by atoms with E-state index in [4.69, 9.17) is 4.98 Å². The third kappa shape index (κ3) is 3.44. The van der Waals surface area contributed by atoms with Crippen LogP contribution in [0.2, 0.25) is 0 Å². The third-order valence-electron chi connectivity index (χ3n) is 6.14. The summed E-state index contributed by atoms with van der Waals surface area (Å²) in [7, 11) is 0. The van der Waals surface area contributed by atoms with Crippen molar-refractivity contribution in [1.29, 1.82) is 0 Å². The van der Waals surface area contributed by atoms with E-state index in [1.165, 1.54) is 12.1 Å². The second-order valence-electron chi connectivity index (χ2n) is 8.14. The van der Waals surface area contributed by atoms with E-state index in [1.807, 2.05) is 59.9 Å². The fourth-order valence-electron chi connectivity index (χ4n) is 4.54. The van der Waals surface area contributed by atoms with Gasteiger partial charge in [0.15, 0.2) is 5.65 Å². The molecule has 0 radical (unpaired) electrons. The molecule has 33 heavy (non-hydrogen) atoms. The van der Waals surface area contributed by atoms with E-state index in [2.05, 4.69) is 10.2 Å². The maximum Gasteiger partial charge on any atom is 0.183 e. The summed E-state index contributed by atoms with van der Waals surface area (Å²) < 4.78 is 31.8. The molecule has 4 heterocycles. The molecule has 2 aromatic carbocycles. The highest BCUT2D eigenvalue weighted by Crippen LogP contribution is 2.37. The van der Waals surface area contributed by atoms with Crippen LogP contribution in [0, 0.1) is 11.6 Å². The van der Waals surface area contributed by atoms with Crippen LogP contribution in [0.4, 0.5) is 14.6 Å². The first-order valence-corrected chi connectivity index (χ1v) is 10.8. The monoisotopic (exact) mass is 442 g/mol. The van der Waals surface area contributed by atoms with Gasteiger partial charge in [-0.2, -0.15) is 10.2 Å². The van der Waals surface area contributed by atoms with Crippen LogP contribution in [-0.2, 0) is 0 Å². The van der Waals surface area contributed by atoms with Crippen molar-refractivity contribution in [2.24, 2.45) is 0 Å². The average molecular weight is 442 g/mol. The highest BCUT2D eigenvalue weighted by Gasteiger charge is 2.30. The van der Waals surface area contributed by atoms with E-state index < -0.39 is 11.6 Å². The molecule has 1 atom stereocenters. The summed E-state index contributed by atoms with van der Waals surface area (Å²) >= 11 is 0. The summed E-state index contributed by atoms with van der Waals surface area (Å²) in [5, 5.41) is 8.93. The zero-order valence-electron chi connectivity index (χ0n) is 17.6. The van der Waals surface area contributed by atoms with Gasteiger partial charge in [-0.05, 0) is 42.7 Å². The fraction of sp³-hybridized carbons (Fsp3) is 0.160. The molecule has 1 saturated heterocycles. The maximum atomic E-state index is 14.5. The lowest BCUT2D eigenvalue weighted by atomic mass is 10.0. The van der Waals surface area contributed by atoms with Gasteiger partial charge in [0.05, 0.1) is 18.4 Å². The average Bonchev–Trinajstić information content (AvgIpc) is 3.60. The summed E-state index contributed by atoms with van der Waals surface area (Å²) in [6, 6.07) is 15.2. The lowest BCUT2D eigenvalue weighted by Gasteiger charge is -2.26. The molecule has 1 fully saturated rings. The molecule has 1 aliphatic rings. The lowest BCUT2D eigenvalue weighted by Crippen LogP contribution is -2.24. The van der Waals surface area contributed by atoms with Crippen LogP contribution in [-0.4, -0.2) is 30.9 Å². The second-order valence-corrected chi connectivity index (χ2v) is 8.14. The Hall–Kier alpha value is -4.07. The Morgan fingerprint density at radius 3 is 2.67 bits per heavy atom. The van der Waals surface area contributed by atoms with Gasteiger partial charge in [-0.25, -0.2) is 23.0 Å². The third-order valence-corrected chi connectivity index (χ3v) is 6.14. The summed E-state index contributed by atoms with van der Waals surface area (Å²) in [5.41, 5.74) is 3.81. The van der Waals surface area contributed by atoms with Gasteiger partial charge in [0.1, 0.15) is 23.1 Å².